The molecule has 2 aromatic rings. The Balaban J connectivity index is 1.73. The van der Waals surface area contributed by atoms with E-state index in [4.69, 9.17) is 4.74 Å². The number of carbonyl (C=O) groups is 1. The highest BCUT2D eigenvalue weighted by Crippen LogP contribution is 2.25. The average molecular weight is 352 g/mol. The smallest absolute Gasteiger partial charge is 0.230 e. The maximum Gasteiger partial charge on any atom is 0.230 e. The summed E-state index contributed by atoms with van der Waals surface area (Å²) in [6, 6.07) is 7.93. The summed E-state index contributed by atoms with van der Waals surface area (Å²) >= 11 is 2.85. The van der Waals surface area contributed by atoms with Crippen molar-refractivity contribution in [3.8, 4) is 5.75 Å². The van der Waals surface area contributed by atoms with Crippen LogP contribution < -0.4 is 15.4 Å². The Kier molecular flexibility index (Phi) is 6.66. The van der Waals surface area contributed by atoms with Gasteiger partial charge in [0.15, 0.2) is 4.34 Å². The van der Waals surface area contributed by atoms with Crippen LogP contribution in [-0.2, 0) is 11.3 Å². The van der Waals surface area contributed by atoms with Crippen LogP contribution in [0.3, 0.4) is 0 Å². The molecule has 1 aromatic heterocycles. The van der Waals surface area contributed by atoms with Gasteiger partial charge in [-0.3, -0.25) is 4.79 Å². The molecule has 1 amide bonds. The van der Waals surface area contributed by atoms with Crippen LogP contribution in [0.4, 0.5) is 5.13 Å². The minimum absolute atomic E-state index is 0.0283. The van der Waals surface area contributed by atoms with Gasteiger partial charge in [0.2, 0.25) is 11.0 Å². The predicted octanol–water partition coefficient (Wildman–Crippen LogP) is 2.78. The van der Waals surface area contributed by atoms with Gasteiger partial charge in [0.1, 0.15) is 5.75 Å². The van der Waals surface area contributed by atoms with Crippen LogP contribution in [0.5, 0.6) is 5.75 Å². The largest absolute Gasteiger partial charge is 0.497 e. The van der Waals surface area contributed by atoms with E-state index in [0.717, 1.165) is 20.8 Å². The first-order valence-corrected chi connectivity index (χ1v) is 8.99. The fourth-order valence-corrected chi connectivity index (χ4v) is 3.42. The van der Waals surface area contributed by atoms with Gasteiger partial charge in [0.05, 0.1) is 12.9 Å². The van der Waals surface area contributed by atoms with Gasteiger partial charge in [-0.1, -0.05) is 35.2 Å². The third-order valence-corrected chi connectivity index (χ3v) is 4.78. The first kappa shape index (κ1) is 17.6. The summed E-state index contributed by atoms with van der Waals surface area (Å²) < 4.78 is 5.89. The van der Waals surface area contributed by atoms with E-state index in [-0.39, 0.29) is 5.91 Å². The van der Waals surface area contributed by atoms with Gasteiger partial charge in [-0.2, -0.15) is 0 Å². The second-order valence-corrected chi connectivity index (χ2v) is 7.29. The number of thioether (sulfide) groups is 1. The summed E-state index contributed by atoms with van der Waals surface area (Å²) in [4.78, 5) is 11.9. The fourth-order valence-electron chi connectivity index (χ4n) is 1.70. The Labute approximate surface area is 144 Å². The minimum Gasteiger partial charge on any atom is -0.497 e. The Bertz CT molecular complexity index is 629. The van der Waals surface area contributed by atoms with E-state index in [1.807, 2.05) is 38.1 Å². The Morgan fingerprint density at radius 2 is 2.04 bits per heavy atom. The van der Waals surface area contributed by atoms with Crippen molar-refractivity contribution in [1.29, 1.82) is 0 Å². The SMILES string of the molecule is COc1ccc(CNC(=O)CSc2nnc(NC(C)C)s2)cc1. The van der Waals surface area contributed by atoms with E-state index < -0.39 is 0 Å². The number of nitrogens with zero attached hydrogens (tertiary/aromatic N) is 2. The van der Waals surface area contributed by atoms with Gasteiger partial charge < -0.3 is 15.4 Å². The number of aromatic nitrogens is 2. The summed E-state index contributed by atoms with van der Waals surface area (Å²) in [7, 11) is 1.63. The van der Waals surface area contributed by atoms with Gasteiger partial charge >= 0.3 is 0 Å². The van der Waals surface area contributed by atoms with Gasteiger partial charge in [-0.15, -0.1) is 10.2 Å². The highest BCUT2D eigenvalue weighted by Gasteiger charge is 2.08. The molecular formula is C15H20N4O2S2. The molecule has 0 fully saturated rings. The zero-order valence-corrected chi connectivity index (χ0v) is 15.0. The zero-order valence-electron chi connectivity index (χ0n) is 13.3. The van der Waals surface area contributed by atoms with E-state index in [1.165, 1.54) is 23.1 Å². The molecule has 124 valence electrons. The Morgan fingerprint density at radius 3 is 2.70 bits per heavy atom. The summed E-state index contributed by atoms with van der Waals surface area (Å²) in [6.07, 6.45) is 0. The van der Waals surface area contributed by atoms with Crippen LogP contribution in [0.1, 0.15) is 19.4 Å². The van der Waals surface area contributed by atoms with Crippen LogP contribution >= 0.6 is 23.1 Å². The van der Waals surface area contributed by atoms with Crippen molar-refractivity contribution in [2.75, 3.05) is 18.2 Å². The molecule has 0 saturated heterocycles. The molecule has 2 rings (SSSR count). The molecule has 6 nitrogen and oxygen atoms in total. The Morgan fingerprint density at radius 1 is 1.30 bits per heavy atom. The number of ether oxygens (including phenoxy) is 1. The molecule has 0 radical (unpaired) electrons. The number of methoxy groups -OCH3 is 1. The summed E-state index contributed by atoms with van der Waals surface area (Å²) in [5.74, 6) is 1.10. The lowest BCUT2D eigenvalue weighted by atomic mass is 10.2. The molecule has 0 atom stereocenters. The summed E-state index contributed by atoms with van der Waals surface area (Å²) in [5, 5.41) is 14.9. The highest BCUT2D eigenvalue weighted by molar-refractivity contribution is 8.01. The highest BCUT2D eigenvalue weighted by atomic mass is 32.2. The standard InChI is InChI=1S/C15H20N4O2S2/c1-10(2)17-14-18-19-15(23-14)22-9-13(20)16-8-11-4-6-12(21-3)7-5-11/h4-7,10H,8-9H2,1-3H3,(H,16,20)(H,17,18). The predicted molar refractivity (Wildman–Crippen MR) is 94.2 cm³/mol. The molecule has 2 N–H and O–H groups in total. The number of rotatable bonds is 8. The number of anilines is 1. The van der Waals surface area contributed by atoms with Crippen LogP contribution in [0.15, 0.2) is 28.6 Å². The van der Waals surface area contributed by atoms with Gasteiger partial charge in [0.25, 0.3) is 0 Å². The number of benzene rings is 1. The van der Waals surface area contributed by atoms with Crippen molar-refractivity contribution in [3.63, 3.8) is 0 Å². The fraction of sp³-hybridized carbons (Fsp3) is 0.400. The van der Waals surface area contributed by atoms with Gasteiger partial charge in [-0.25, -0.2) is 0 Å². The second-order valence-electron chi connectivity index (χ2n) is 5.09. The van der Waals surface area contributed by atoms with Gasteiger partial charge in [-0.05, 0) is 31.5 Å². The summed E-state index contributed by atoms with van der Waals surface area (Å²) in [5.41, 5.74) is 1.03. The third kappa shape index (κ3) is 6.07. The molecule has 0 unspecified atom stereocenters. The van der Waals surface area contributed by atoms with Crippen molar-refractivity contribution < 1.29 is 9.53 Å². The number of carbonyl (C=O) groups excluding carboxylic acids is 1. The molecule has 0 aliphatic rings. The van der Waals surface area contributed by atoms with E-state index in [0.29, 0.717) is 18.3 Å². The van der Waals surface area contributed by atoms with Crippen molar-refractivity contribution in [3.05, 3.63) is 29.8 Å². The number of amides is 1. The van der Waals surface area contributed by atoms with Crippen LogP contribution in [0, 0.1) is 0 Å². The topological polar surface area (TPSA) is 76.1 Å². The van der Waals surface area contributed by atoms with Crippen LogP contribution in [0.2, 0.25) is 0 Å². The maximum absolute atomic E-state index is 11.9. The van der Waals surface area contributed by atoms with Gasteiger partial charge in [0, 0.05) is 12.6 Å². The van der Waals surface area contributed by atoms with Crippen LogP contribution in [-0.4, -0.2) is 35.0 Å². The lowest BCUT2D eigenvalue weighted by Crippen LogP contribution is -2.24. The monoisotopic (exact) mass is 352 g/mol. The molecule has 0 aliphatic heterocycles. The quantitative estimate of drug-likeness (QED) is 0.712. The molecule has 0 aliphatic carbocycles. The first-order valence-electron chi connectivity index (χ1n) is 7.19. The number of hydrogen-bond acceptors (Lipinski definition) is 7. The maximum atomic E-state index is 11.9. The third-order valence-electron chi connectivity index (χ3n) is 2.79. The molecule has 0 bridgehead atoms. The van der Waals surface area contributed by atoms with Crippen molar-refractivity contribution in [2.24, 2.45) is 0 Å². The molecule has 1 aromatic carbocycles. The minimum atomic E-state index is -0.0283. The zero-order chi connectivity index (χ0) is 16.7. The molecule has 0 spiro atoms. The second kappa shape index (κ2) is 8.73. The number of nitrogens with one attached hydrogen (secondary N) is 2. The molecule has 23 heavy (non-hydrogen) atoms. The average Bonchev–Trinajstić information content (AvgIpc) is 2.98. The van der Waals surface area contributed by atoms with E-state index >= 15 is 0 Å². The van der Waals surface area contributed by atoms with Crippen molar-refractivity contribution in [1.82, 2.24) is 15.5 Å². The Hall–Kier alpha value is -1.80. The first-order chi connectivity index (χ1) is 11.1. The van der Waals surface area contributed by atoms with Crippen molar-refractivity contribution in [2.45, 2.75) is 30.8 Å². The van der Waals surface area contributed by atoms with Crippen LogP contribution in [0.25, 0.3) is 0 Å². The molecule has 8 heteroatoms. The molecule has 1 heterocycles. The van der Waals surface area contributed by atoms with Crippen molar-refractivity contribution >= 4 is 34.1 Å². The number of hydrogen-bond donors (Lipinski definition) is 2. The van der Waals surface area contributed by atoms with E-state index in [9.17, 15) is 4.79 Å². The summed E-state index contributed by atoms with van der Waals surface area (Å²) in [6.45, 7) is 4.58. The van der Waals surface area contributed by atoms with E-state index in [2.05, 4.69) is 20.8 Å². The lowest BCUT2D eigenvalue weighted by Gasteiger charge is -2.05. The van der Waals surface area contributed by atoms with E-state index in [1.54, 1.807) is 7.11 Å². The molecule has 0 saturated carbocycles. The molecular weight excluding hydrogens is 332 g/mol. The normalized spacial score (nSPS) is 10.6. The lowest BCUT2D eigenvalue weighted by molar-refractivity contribution is -0.118.